The SMILES string of the molecule is CCCCCC1CCC(c2ccc(-c3ccc(CCCO)cc3CCOCc3ccc(-c4ccc(CCC)cc4F)cc3)cc2)CC1. The Balaban J connectivity index is 1.18. The van der Waals surface area contributed by atoms with E-state index in [4.69, 9.17) is 4.74 Å². The van der Waals surface area contributed by atoms with Crippen LogP contribution in [0.3, 0.4) is 0 Å². The Morgan fingerprint density at radius 3 is 2.00 bits per heavy atom. The van der Waals surface area contributed by atoms with Crippen molar-refractivity contribution in [3.05, 3.63) is 119 Å². The third-order valence-corrected chi connectivity index (χ3v) is 10.2. The van der Waals surface area contributed by atoms with E-state index in [0.717, 1.165) is 54.7 Å². The standard InChI is InChI=1S/C44H55FO2/c1-3-5-6-9-33-11-17-37(18-12-33)38-21-23-39(24-22-38)42-25-15-35(10-7-28-46)30-41(42)27-29-47-32-36-13-19-40(20-14-36)43-26-16-34(8-4-2)31-44(43)45/h13-16,19-26,30-31,33,37,46H,3-12,17-18,27-29,32H2,1-2H3. The van der Waals surface area contributed by atoms with Crippen molar-refractivity contribution in [2.75, 3.05) is 13.2 Å². The van der Waals surface area contributed by atoms with Gasteiger partial charge in [0.05, 0.1) is 13.2 Å². The lowest BCUT2D eigenvalue weighted by atomic mass is 9.77. The summed E-state index contributed by atoms with van der Waals surface area (Å²) < 4.78 is 20.9. The third-order valence-electron chi connectivity index (χ3n) is 10.2. The summed E-state index contributed by atoms with van der Waals surface area (Å²) in [5.74, 6) is 1.47. The number of hydrogen-bond acceptors (Lipinski definition) is 2. The van der Waals surface area contributed by atoms with Crippen LogP contribution in [0.2, 0.25) is 0 Å². The monoisotopic (exact) mass is 634 g/mol. The number of halogens is 1. The molecule has 5 rings (SSSR count). The molecule has 0 heterocycles. The maximum atomic E-state index is 14.7. The molecule has 0 radical (unpaired) electrons. The first-order valence-electron chi connectivity index (χ1n) is 18.4. The van der Waals surface area contributed by atoms with E-state index >= 15 is 0 Å². The summed E-state index contributed by atoms with van der Waals surface area (Å²) in [6, 6.07) is 29.8. The van der Waals surface area contributed by atoms with E-state index < -0.39 is 0 Å². The molecule has 0 aliphatic heterocycles. The number of aryl methyl sites for hydroxylation is 2. The molecular weight excluding hydrogens is 579 g/mol. The fourth-order valence-corrected chi connectivity index (χ4v) is 7.37. The van der Waals surface area contributed by atoms with Gasteiger partial charge in [-0.05, 0) is 114 Å². The van der Waals surface area contributed by atoms with Crippen molar-refractivity contribution in [3.8, 4) is 22.3 Å². The predicted molar refractivity (Wildman–Crippen MR) is 195 cm³/mol. The highest BCUT2D eigenvalue weighted by Crippen LogP contribution is 2.38. The number of aliphatic hydroxyl groups excluding tert-OH is 1. The number of unbranched alkanes of at least 4 members (excludes halogenated alkanes) is 2. The zero-order chi connectivity index (χ0) is 32.8. The molecule has 1 fully saturated rings. The van der Waals surface area contributed by atoms with Crippen LogP contribution in [0.1, 0.15) is 112 Å². The zero-order valence-corrected chi connectivity index (χ0v) is 28.8. The number of benzene rings is 4. The summed E-state index contributed by atoms with van der Waals surface area (Å²) in [4.78, 5) is 0. The lowest BCUT2D eigenvalue weighted by molar-refractivity contribution is 0.124. The molecule has 0 aromatic heterocycles. The molecule has 0 bridgehead atoms. The quantitative estimate of drug-likeness (QED) is 0.117. The van der Waals surface area contributed by atoms with Crippen molar-refractivity contribution in [1.29, 1.82) is 0 Å². The largest absolute Gasteiger partial charge is 0.396 e. The maximum absolute atomic E-state index is 14.7. The number of rotatable bonds is 17. The molecule has 0 atom stereocenters. The predicted octanol–water partition coefficient (Wildman–Crippen LogP) is 11.7. The summed E-state index contributed by atoms with van der Waals surface area (Å²) in [7, 11) is 0. The second-order valence-corrected chi connectivity index (χ2v) is 13.7. The van der Waals surface area contributed by atoms with E-state index in [1.54, 1.807) is 6.07 Å². The molecular formula is C44H55FO2. The summed E-state index contributed by atoms with van der Waals surface area (Å²) >= 11 is 0. The van der Waals surface area contributed by atoms with Crippen LogP contribution in [-0.2, 0) is 30.6 Å². The summed E-state index contributed by atoms with van der Waals surface area (Å²) in [6.45, 7) is 5.75. The van der Waals surface area contributed by atoms with Crippen molar-refractivity contribution in [3.63, 3.8) is 0 Å². The maximum Gasteiger partial charge on any atom is 0.131 e. The van der Waals surface area contributed by atoms with E-state index in [1.165, 1.54) is 79.2 Å². The van der Waals surface area contributed by atoms with Gasteiger partial charge < -0.3 is 9.84 Å². The number of hydrogen-bond donors (Lipinski definition) is 1. The lowest BCUT2D eigenvalue weighted by Gasteiger charge is -2.29. The van der Waals surface area contributed by atoms with Crippen molar-refractivity contribution in [2.24, 2.45) is 5.92 Å². The van der Waals surface area contributed by atoms with Gasteiger partial charge in [-0.3, -0.25) is 0 Å². The third kappa shape index (κ3) is 10.1. The average molecular weight is 635 g/mol. The van der Waals surface area contributed by atoms with E-state index in [-0.39, 0.29) is 12.4 Å². The van der Waals surface area contributed by atoms with Gasteiger partial charge in [0.2, 0.25) is 0 Å². The van der Waals surface area contributed by atoms with Crippen LogP contribution < -0.4 is 0 Å². The summed E-state index contributed by atoms with van der Waals surface area (Å²) in [6.07, 6.45) is 15.3. The van der Waals surface area contributed by atoms with Gasteiger partial charge in [-0.25, -0.2) is 4.39 Å². The molecule has 4 aromatic rings. The number of aliphatic hydroxyl groups is 1. The minimum absolute atomic E-state index is 0.160. The van der Waals surface area contributed by atoms with Crippen molar-refractivity contribution < 1.29 is 14.2 Å². The lowest BCUT2D eigenvalue weighted by Crippen LogP contribution is -2.13. The minimum atomic E-state index is -0.160. The Hall–Kier alpha value is -3.27. The van der Waals surface area contributed by atoms with Gasteiger partial charge in [-0.15, -0.1) is 0 Å². The first-order valence-corrected chi connectivity index (χ1v) is 18.4. The van der Waals surface area contributed by atoms with Gasteiger partial charge in [0.25, 0.3) is 0 Å². The first kappa shape index (κ1) is 35.0. The topological polar surface area (TPSA) is 29.5 Å². The van der Waals surface area contributed by atoms with E-state index in [0.29, 0.717) is 24.7 Å². The van der Waals surface area contributed by atoms with Crippen LogP contribution in [0.4, 0.5) is 4.39 Å². The first-order chi connectivity index (χ1) is 23.1. The second-order valence-electron chi connectivity index (χ2n) is 13.7. The molecule has 0 saturated heterocycles. The van der Waals surface area contributed by atoms with Crippen LogP contribution >= 0.6 is 0 Å². The van der Waals surface area contributed by atoms with Gasteiger partial charge >= 0.3 is 0 Å². The Bertz CT molecular complexity index is 1500. The van der Waals surface area contributed by atoms with Gasteiger partial charge in [0, 0.05) is 12.2 Å². The van der Waals surface area contributed by atoms with Gasteiger partial charge in [-0.1, -0.05) is 125 Å². The average Bonchev–Trinajstić information content (AvgIpc) is 3.10. The van der Waals surface area contributed by atoms with E-state index in [9.17, 15) is 9.50 Å². The molecule has 3 heteroatoms. The molecule has 1 saturated carbocycles. The van der Waals surface area contributed by atoms with Crippen LogP contribution in [0, 0.1) is 11.7 Å². The summed E-state index contributed by atoms with van der Waals surface area (Å²) in [5, 5.41) is 9.39. The van der Waals surface area contributed by atoms with Crippen molar-refractivity contribution in [1.82, 2.24) is 0 Å². The fraction of sp³-hybridized carbons (Fsp3) is 0.455. The van der Waals surface area contributed by atoms with Crippen LogP contribution in [0.15, 0.2) is 84.9 Å². The molecule has 0 amide bonds. The Labute approximate surface area is 283 Å². The second kappa shape index (κ2) is 18.3. The fourth-order valence-electron chi connectivity index (χ4n) is 7.37. The smallest absolute Gasteiger partial charge is 0.131 e. The molecule has 1 aliphatic carbocycles. The highest BCUT2D eigenvalue weighted by atomic mass is 19.1. The van der Waals surface area contributed by atoms with Crippen LogP contribution in [-0.4, -0.2) is 18.3 Å². The molecule has 1 aliphatic rings. The molecule has 4 aromatic carbocycles. The molecule has 2 nitrogen and oxygen atoms in total. The molecule has 1 N–H and O–H groups in total. The molecule has 250 valence electrons. The minimum Gasteiger partial charge on any atom is -0.396 e. The Morgan fingerprint density at radius 2 is 1.32 bits per heavy atom. The van der Waals surface area contributed by atoms with Crippen LogP contribution in [0.5, 0.6) is 0 Å². The van der Waals surface area contributed by atoms with E-state index in [2.05, 4.69) is 56.3 Å². The Morgan fingerprint density at radius 1 is 0.660 bits per heavy atom. The van der Waals surface area contributed by atoms with Gasteiger partial charge in [0.15, 0.2) is 0 Å². The van der Waals surface area contributed by atoms with Gasteiger partial charge in [0.1, 0.15) is 5.82 Å². The highest BCUT2D eigenvalue weighted by Gasteiger charge is 2.22. The van der Waals surface area contributed by atoms with Crippen LogP contribution in [0.25, 0.3) is 22.3 Å². The summed E-state index contributed by atoms with van der Waals surface area (Å²) in [5.41, 5.74) is 10.2. The molecule has 0 spiro atoms. The number of ether oxygens (including phenoxy) is 1. The molecule has 47 heavy (non-hydrogen) atoms. The van der Waals surface area contributed by atoms with E-state index in [1.807, 2.05) is 36.4 Å². The molecule has 0 unspecified atom stereocenters. The zero-order valence-electron chi connectivity index (χ0n) is 28.8. The Kier molecular flexibility index (Phi) is 13.7. The normalized spacial score (nSPS) is 16.4. The highest BCUT2D eigenvalue weighted by molar-refractivity contribution is 5.68. The van der Waals surface area contributed by atoms with Crippen molar-refractivity contribution in [2.45, 2.75) is 110 Å². The van der Waals surface area contributed by atoms with Crippen molar-refractivity contribution >= 4 is 0 Å². The van der Waals surface area contributed by atoms with Gasteiger partial charge in [-0.2, -0.15) is 0 Å².